The van der Waals surface area contributed by atoms with E-state index in [1.807, 2.05) is 18.2 Å². The number of nitrogens with one attached hydrogen (secondary N) is 1. The van der Waals surface area contributed by atoms with E-state index in [0.29, 0.717) is 6.54 Å². The maximum atomic E-state index is 12.2. The van der Waals surface area contributed by atoms with E-state index in [2.05, 4.69) is 34.5 Å². The zero-order valence-electron chi connectivity index (χ0n) is 14.2. The lowest BCUT2D eigenvalue weighted by Gasteiger charge is -2.15. The smallest absolute Gasteiger partial charge is 0.387 e. The van der Waals surface area contributed by atoms with E-state index >= 15 is 0 Å². The van der Waals surface area contributed by atoms with Crippen molar-refractivity contribution in [3.8, 4) is 5.75 Å². The lowest BCUT2D eigenvalue weighted by atomic mass is 10.2. The van der Waals surface area contributed by atoms with Crippen molar-refractivity contribution in [2.24, 2.45) is 0 Å². The van der Waals surface area contributed by atoms with Gasteiger partial charge in [0.15, 0.2) is 0 Å². The van der Waals surface area contributed by atoms with Gasteiger partial charge in [0.05, 0.1) is 17.1 Å². The van der Waals surface area contributed by atoms with Crippen LogP contribution in [0, 0.1) is 0 Å². The Morgan fingerprint density at radius 2 is 1.84 bits per heavy atom. The molecule has 0 fully saturated rings. The molecular weight excluding hydrogens is 324 g/mol. The number of para-hydroxylation sites is 2. The van der Waals surface area contributed by atoms with Crippen LogP contribution < -0.4 is 10.1 Å². The third kappa shape index (κ3) is 3.96. The number of nitrogens with zero attached hydrogens (tertiary/aromatic N) is 2. The summed E-state index contributed by atoms with van der Waals surface area (Å²) < 4.78 is 30.9. The molecule has 0 aliphatic heterocycles. The minimum Gasteiger partial charge on any atom is -0.435 e. The summed E-state index contributed by atoms with van der Waals surface area (Å²) in [6.45, 7) is 2.84. The summed E-state index contributed by atoms with van der Waals surface area (Å²) in [5.74, 6) is 1.15. The molecule has 0 aliphatic rings. The molecule has 3 rings (SSSR count). The van der Waals surface area contributed by atoms with Crippen LogP contribution in [0.5, 0.6) is 5.75 Å². The summed E-state index contributed by atoms with van der Waals surface area (Å²) in [5, 5.41) is 3.44. The molecule has 0 saturated carbocycles. The first-order chi connectivity index (χ1) is 12.1. The molecule has 1 unspecified atom stereocenters. The normalized spacial score (nSPS) is 12.7. The highest BCUT2D eigenvalue weighted by Crippen LogP contribution is 2.21. The summed E-state index contributed by atoms with van der Waals surface area (Å²) in [6, 6.07) is 14.8. The fourth-order valence-electron chi connectivity index (χ4n) is 2.91. The Labute approximate surface area is 145 Å². The SMILES string of the molecule is CCn1c(C(C)NCc2ccc(OC(F)F)cc2)nc2ccccc21. The Morgan fingerprint density at radius 1 is 1.12 bits per heavy atom. The molecule has 0 radical (unpaired) electrons. The predicted molar refractivity (Wildman–Crippen MR) is 93.7 cm³/mol. The van der Waals surface area contributed by atoms with Crippen LogP contribution in [0.15, 0.2) is 48.5 Å². The fourth-order valence-corrected chi connectivity index (χ4v) is 2.91. The van der Waals surface area contributed by atoms with E-state index in [0.717, 1.165) is 29.0 Å². The Kier molecular flexibility index (Phi) is 5.28. The zero-order valence-corrected chi connectivity index (χ0v) is 14.2. The molecule has 1 heterocycles. The lowest BCUT2D eigenvalue weighted by Crippen LogP contribution is -2.21. The monoisotopic (exact) mass is 345 g/mol. The molecule has 4 nitrogen and oxygen atoms in total. The van der Waals surface area contributed by atoms with E-state index < -0.39 is 6.61 Å². The van der Waals surface area contributed by atoms with Gasteiger partial charge in [-0.2, -0.15) is 8.78 Å². The summed E-state index contributed by atoms with van der Waals surface area (Å²) >= 11 is 0. The van der Waals surface area contributed by atoms with Crippen molar-refractivity contribution >= 4 is 11.0 Å². The van der Waals surface area contributed by atoms with Crippen LogP contribution >= 0.6 is 0 Å². The average molecular weight is 345 g/mol. The number of hydrogen-bond acceptors (Lipinski definition) is 3. The number of ether oxygens (including phenoxy) is 1. The Bertz CT molecular complexity index is 830. The molecule has 0 saturated heterocycles. The molecular formula is C19H21F2N3O. The van der Waals surface area contributed by atoms with Gasteiger partial charge >= 0.3 is 6.61 Å². The summed E-state index contributed by atoms with van der Waals surface area (Å²) in [6.07, 6.45) is 0. The molecule has 1 atom stereocenters. The average Bonchev–Trinajstić information content (AvgIpc) is 2.99. The van der Waals surface area contributed by atoms with Gasteiger partial charge in [0, 0.05) is 13.1 Å². The Balaban J connectivity index is 1.69. The van der Waals surface area contributed by atoms with Crippen LogP contribution in [0.1, 0.15) is 31.3 Å². The van der Waals surface area contributed by atoms with Gasteiger partial charge in [-0.3, -0.25) is 0 Å². The third-order valence-electron chi connectivity index (χ3n) is 4.15. The standard InChI is InChI=1S/C19H21F2N3O/c1-3-24-17-7-5-4-6-16(17)23-18(24)13(2)22-12-14-8-10-15(11-9-14)25-19(20)21/h4-11,13,19,22H,3,12H2,1-2H3. The number of hydrogen-bond donors (Lipinski definition) is 1. The third-order valence-corrected chi connectivity index (χ3v) is 4.15. The van der Waals surface area contributed by atoms with Crippen molar-refractivity contribution in [3.63, 3.8) is 0 Å². The first-order valence-corrected chi connectivity index (χ1v) is 8.30. The van der Waals surface area contributed by atoms with E-state index in [1.165, 1.54) is 0 Å². The number of benzene rings is 2. The van der Waals surface area contributed by atoms with Gasteiger partial charge in [-0.1, -0.05) is 24.3 Å². The maximum Gasteiger partial charge on any atom is 0.387 e. The largest absolute Gasteiger partial charge is 0.435 e. The molecule has 2 aromatic carbocycles. The number of fused-ring (bicyclic) bond motifs is 1. The van der Waals surface area contributed by atoms with Gasteiger partial charge in [-0.15, -0.1) is 0 Å². The first-order valence-electron chi connectivity index (χ1n) is 8.30. The molecule has 0 aliphatic carbocycles. The second-order valence-electron chi connectivity index (χ2n) is 5.83. The van der Waals surface area contributed by atoms with E-state index in [-0.39, 0.29) is 11.8 Å². The zero-order chi connectivity index (χ0) is 17.8. The van der Waals surface area contributed by atoms with E-state index in [9.17, 15) is 8.78 Å². The minimum absolute atomic E-state index is 0.0596. The molecule has 0 bridgehead atoms. The molecule has 132 valence electrons. The fraction of sp³-hybridized carbons (Fsp3) is 0.316. The molecule has 1 aromatic heterocycles. The molecule has 1 N–H and O–H groups in total. The maximum absolute atomic E-state index is 12.2. The van der Waals surface area contributed by atoms with Crippen LogP contribution in [0.4, 0.5) is 8.78 Å². The van der Waals surface area contributed by atoms with Crippen molar-refractivity contribution in [2.75, 3.05) is 0 Å². The highest BCUT2D eigenvalue weighted by molar-refractivity contribution is 5.76. The summed E-state index contributed by atoms with van der Waals surface area (Å²) in [5.41, 5.74) is 3.11. The van der Waals surface area contributed by atoms with Crippen LogP contribution in [0.3, 0.4) is 0 Å². The number of alkyl halides is 2. The number of imidazole rings is 1. The number of aryl methyl sites for hydroxylation is 1. The molecule has 0 spiro atoms. The van der Waals surface area contributed by atoms with Gasteiger partial charge < -0.3 is 14.6 Å². The van der Waals surface area contributed by atoms with Crippen molar-refractivity contribution in [3.05, 3.63) is 59.9 Å². The predicted octanol–water partition coefficient (Wildman–Crippen LogP) is 4.51. The number of aromatic nitrogens is 2. The Morgan fingerprint density at radius 3 is 2.52 bits per heavy atom. The van der Waals surface area contributed by atoms with Crippen LogP contribution in [0.2, 0.25) is 0 Å². The van der Waals surface area contributed by atoms with Crippen LogP contribution in [-0.4, -0.2) is 16.2 Å². The van der Waals surface area contributed by atoms with E-state index in [1.54, 1.807) is 24.3 Å². The summed E-state index contributed by atoms with van der Waals surface area (Å²) in [4.78, 5) is 4.74. The number of rotatable bonds is 7. The second-order valence-corrected chi connectivity index (χ2v) is 5.83. The molecule has 6 heteroatoms. The highest BCUT2D eigenvalue weighted by Gasteiger charge is 2.15. The van der Waals surface area contributed by atoms with Crippen molar-refractivity contribution < 1.29 is 13.5 Å². The first kappa shape index (κ1) is 17.4. The topological polar surface area (TPSA) is 39.1 Å². The number of halogens is 2. The van der Waals surface area contributed by atoms with Crippen molar-refractivity contribution in [1.29, 1.82) is 0 Å². The van der Waals surface area contributed by atoms with Gasteiger partial charge in [-0.05, 0) is 43.7 Å². The van der Waals surface area contributed by atoms with Gasteiger partial charge in [0.2, 0.25) is 0 Å². The van der Waals surface area contributed by atoms with E-state index in [4.69, 9.17) is 4.98 Å². The minimum atomic E-state index is -2.80. The molecule has 0 amide bonds. The van der Waals surface area contributed by atoms with Crippen LogP contribution in [-0.2, 0) is 13.1 Å². The lowest BCUT2D eigenvalue weighted by molar-refractivity contribution is -0.0498. The van der Waals surface area contributed by atoms with Gasteiger partial charge in [0.1, 0.15) is 11.6 Å². The van der Waals surface area contributed by atoms with Crippen LogP contribution in [0.25, 0.3) is 11.0 Å². The molecule has 3 aromatic rings. The second kappa shape index (κ2) is 7.61. The Hall–Kier alpha value is -2.47. The highest BCUT2D eigenvalue weighted by atomic mass is 19.3. The quantitative estimate of drug-likeness (QED) is 0.685. The van der Waals surface area contributed by atoms with Gasteiger partial charge in [0.25, 0.3) is 0 Å². The van der Waals surface area contributed by atoms with Crippen molar-refractivity contribution in [2.45, 2.75) is 39.6 Å². The molecule has 25 heavy (non-hydrogen) atoms. The van der Waals surface area contributed by atoms with Gasteiger partial charge in [-0.25, -0.2) is 4.98 Å². The summed E-state index contributed by atoms with van der Waals surface area (Å²) in [7, 11) is 0. The van der Waals surface area contributed by atoms with Crippen molar-refractivity contribution in [1.82, 2.24) is 14.9 Å².